The molecule has 0 saturated heterocycles. The van der Waals surface area contributed by atoms with E-state index < -0.39 is 12.0 Å². The maximum absolute atomic E-state index is 13.7. The van der Waals surface area contributed by atoms with Crippen molar-refractivity contribution in [3.05, 3.63) is 76.7 Å². The second-order valence-electron chi connectivity index (χ2n) is 6.84. The minimum absolute atomic E-state index is 0.102. The van der Waals surface area contributed by atoms with Crippen molar-refractivity contribution in [3.63, 3.8) is 0 Å². The third-order valence-corrected chi connectivity index (χ3v) is 4.71. The van der Waals surface area contributed by atoms with Gasteiger partial charge >= 0.3 is 12.0 Å². The normalized spacial score (nSPS) is 16.0. The van der Waals surface area contributed by atoms with Crippen LogP contribution in [0.3, 0.4) is 0 Å². The van der Waals surface area contributed by atoms with Crippen molar-refractivity contribution in [3.8, 4) is 5.75 Å². The molecular weight excluding hydrogens is 387 g/mol. The third-order valence-electron chi connectivity index (χ3n) is 4.71. The second-order valence-corrected chi connectivity index (χ2v) is 6.84. The van der Waals surface area contributed by atoms with E-state index in [1.54, 1.807) is 49.4 Å². The summed E-state index contributed by atoms with van der Waals surface area (Å²) in [5.41, 5.74) is 2.16. The Morgan fingerprint density at radius 3 is 2.50 bits per heavy atom. The molecule has 6 nitrogen and oxygen atoms in total. The van der Waals surface area contributed by atoms with Gasteiger partial charge in [0.05, 0.1) is 18.2 Å². The first kappa shape index (κ1) is 21.4. The summed E-state index contributed by atoms with van der Waals surface area (Å²) in [7, 11) is 0. The number of allylic oxidation sites excluding steroid dienone is 1. The van der Waals surface area contributed by atoms with E-state index in [-0.39, 0.29) is 25.1 Å². The van der Waals surface area contributed by atoms with Crippen LogP contribution in [-0.4, -0.2) is 18.6 Å². The van der Waals surface area contributed by atoms with Gasteiger partial charge in [-0.2, -0.15) is 0 Å². The highest BCUT2D eigenvalue weighted by Gasteiger charge is 2.33. The summed E-state index contributed by atoms with van der Waals surface area (Å²) in [6.45, 7) is 4.06. The van der Waals surface area contributed by atoms with Gasteiger partial charge in [-0.15, -0.1) is 0 Å². The quantitative estimate of drug-likeness (QED) is 0.631. The monoisotopic (exact) mass is 412 g/mol. The average Bonchev–Trinajstić information content (AvgIpc) is 2.73. The molecule has 0 spiro atoms. The molecule has 2 N–H and O–H groups in total. The molecule has 7 heteroatoms. The summed E-state index contributed by atoms with van der Waals surface area (Å²) in [5, 5.41) is 5.53. The summed E-state index contributed by atoms with van der Waals surface area (Å²) in [4.78, 5) is 24.7. The molecule has 1 aliphatic rings. The van der Waals surface area contributed by atoms with Gasteiger partial charge in [-0.1, -0.05) is 43.7 Å². The van der Waals surface area contributed by atoms with Crippen molar-refractivity contribution in [2.75, 3.05) is 6.61 Å². The molecular formula is C23H25FN2O4. The highest BCUT2D eigenvalue weighted by molar-refractivity contribution is 5.95. The lowest BCUT2D eigenvalue weighted by Crippen LogP contribution is -2.46. The van der Waals surface area contributed by atoms with E-state index >= 15 is 0 Å². The lowest BCUT2D eigenvalue weighted by molar-refractivity contribution is -0.139. The number of nitrogens with one attached hydrogen (secondary N) is 2. The number of carbonyl (C=O) groups excluding carboxylic acids is 2. The number of rotatable bonds is 8. The number of urea groups is 1. The van der Waals surface area contributed by atoms with Crippen LogP contribution in [-0.2, 0) is 16.1 Å². The number of carbonyl (C=O) groups is 2. The summed E-state index contributed by atoms with van der Waals surface area (Å²) < 4.78 is 24.6. The van der Waals surface area contributed by atoms with Crippen LogP contribution in [0.2, 0.25) is 0 Å². The SMILES string of the molecule is CCCC1=C(C(=O)OCC)C(c2ccc(OCc3ccccc3F)cc2)NC(=O)N1. The van der Waals surface area contributed by atoms with Crippen molar-refractivity contribution < 1.29 is 23.5 Å². The Bertz CT molecular complexity index is 940. The molecule has 3 rings (SSSR count). The second kappa shape index (κ2) is 9.91. The summed E-state index contributed by atoms with van der Waals surface area (Å²) in [5.74, 6) is -0.227. The minimum atomic E-state index is -0.625. The average molecular weight is 412 g/mol. The lowest BCUT2D eigenvalue weighted by atomic mass is 9.94. The zero-order valence-corrected chi connectivity index (χ0v) is 17.0. The van der Waals surface area contributed by atoms with E-state index in [9.17, 15) is 14.0 Å². The first-order valence-electron chi connectivity index (χ1n) is 9.97. The Kier molecular flexibility index (Phi) is 7.06. The van der Waals surface area contributed by atoms with Crippen LogP contribution in [0.5, 0.6) is 5.75 Å². The van der Waals surface area contributed by atoms with Crippen LogP contribution in [0.25, 0.3) is 0 Å². The molecule has 0 saturated carbocycles. The van der Waals surface area contributed by atoms with Crippen molar-refractivity contribution in [1.82, 2.24) is 10.6 Å². The van der Waals surface area contributed by atoms with E-state index in [1.165, 1.54) is 6.07 Å². The van der Waals surface area contributed by atoms with Crippen LogP contribution in [0.4, 0.5) is 9.18 Å². The fourth-order valence-corrected chi connectivity index (χ4v) is 3.30. The van der Waals surface area contributed by atoms with Crippen molar-refractivity contribution in [2.24, 2.45) is 0 Å². The molecule has 30 heavy (non-hydrogen) atoms. The molecule has 0 fully saturated rings. The molecule has 1 aliphatic heterocycles. The van der Waals surface area contributed by atoms with E-state index in [0.29, 0.717) is 29.0 Å². The molecule has 0 aromatic heterocycles. The maximum atomic E-state index is 13.7. The molecule has 2 aromatic carbocycles. The third kappa shape index (κ3) is 4.97. The first-order chi connectivity index (χ1) is 14.5. The van der Waals surface area contributed by atoms with Gasteiger partial charge in [-0.3, -0.25) is 0 Å². The predicted octanol–water partition coefficient (Wildman–Crippen LogP) is 4.38. The standard InChI is InChI=1S/C23H25FN2O4/c1-3-7-19-20(22(27)29-4-2)21(26-23(28)25-19)15-10-12-17(13-11-15)30-14-16-8-5-6-9-18(16)24/h5-6,8-13,21H,3-4,7,14H2,1-2H3,(H2,25,26,28). The number of esters is 1. The van der Waals surface area contributed by atoms with Crippen molar-refractivity contribution >= 4 is 12.0 Å². The zero-order chi connectivity index (χ0) is 21.5. The van der Waals surface area contributed by atoms with E-state index in [1.807, 2.05) is 6.92 Å². The van der Waals surface area contributed by atoms with Crippen LogP contribution in [0.1, 0.15) is 43.9 Å². The molecule has 158 valence electrons. The fraction of sp³-hybridized carbons (Fsp3) is 0.304. The Labute approximate surface area is 175 Å². The maximum Gasteiger partial charge on any atom is 0.338 e. The Balaban J connectivity index is 1.82. The molecule has 2 amide bonds. The number of amides is 2. The van der Waals surface area contributed by atoms with Crippen LogP contribution in [0, 0.1) is 5.82 Å². The molecule has 0 radical (unpaired) electrons. The number of ether oxygens (including phenoxy) is 2. The highest BCUT2D eigenvalue weighted by Crippen LogP contribution is 2.30. The first-order valence-corrected chi connectivity index (χ1v) is 9.97. The highest BCUT2D eigenvalue weighted by atomic mass is 19.1. The molecule has 1 unspecified atom stereocenters. The van der Waals surface area contributed by atoms with Crippen molar-refractivity contribution in [1.29, 1.82) is 0 Å². The topological polar surface area (TPSA) is 76.7 Å². The van der Waals surface area contributed by atoms with Crippen molar-refractivity contribution in [2.45, 2.75) is 39.3 Å². The van der Waals surface area contributed by atoms with E-state index in [4.69, 9.17) is 9.47 Å². The molecule has 1 heterocycles. The summed E-state index contributed by atoms with van der Waals surface area (Å²) >= 11 is 0. The van der Waals surface area contributed by atoms with Gasteiger partial charge in [0.1, 0.15) is 18.2 Å². The number of hydrogen-bond donors (Lipinski definition) is 2. The summed E-state index contributed by atoms with van der Waals surface area (Å²) in [6, 6.07) is 12.4. The lowest BCUT2D eigenvalue weighted by Gasteiger charge is -2.29. The van der Waals surface area contributed by atoms with Gasteiger partial charge in [0.15, 0.2) is 0 Å². The van der Waals surface area contributed by atoms with Crippen LogP contribution < -0.4 is 15.4 Å². The number of benzene rings is 2. The van der Waals surface area contributed by atoms with Gasteiger partial charge < -0.3 is 20.1 Å². The Morgan fingerprint density at radius 2 is 1.83 bits per heavy atom. The van der Waals surface area contributed by atoms with Crippen LogP contribution >= 0.6 is 0 Å². The predicted molar refractivity (Wildman–Crippen MR) is 110 cm³/mol. The Morgan fingerprint density at radius 1 is 1.10 bits per heavy atom. The smallest absolute Gasteiger partial charge is 0.338 e. The Hall–Kier alpha value is -3.35. The van der Waals surface area contributed by atoms with Gasteiger partial charge in [-0.25, -0.2) is 14.0 Å². The van der Waals surface area contributed by atoms with E-state index in [2.05, 4.69) is 10.6 Å². The molecule has 1 atom stereocenters. The molecule has 0 bridgehead atoms. The zero-order valence-electron chi connectivity index (χ0n) is 17.0. The van der Waals surface area contributed by atoms with Gasteiger partial charge in [0.25, 0.3) is 0 Å². The fourth-order valence-electron chi connectivity index (χ4n) is 3.30. The van der Waals surface area contributed by atoms with Gasteiger partial charge in [0, 0.05) is 11.3 Å². The minimum Gasteiger partial charge on any atom is -0.489 e. The molecule has 0 aliphatic carbocycles. The van der Waals surface area contributed by atoms with Crippen LogP contribution in [0.15, 0.2) is 59.8 Å². The molecule has 2 aromatic rings. The van der Waals surface area contributed by atoms with Gasteiger partial charge in [0.2, 0.25) is 0 Å². The number of halogens is 1. The number of hydrogen-bond acceptors (Lipinski definition) is 4. The van der Waals surface area contributed by atoms with Gasteiger partial charge in [-0.05, 0) is 37.1 Å². The largest absolute Gasteiger partial charge is 0.489 e. The summed E-state index contributed by atoms with van der Waals surface area (Å²) in [6.07, 6.45) is 1.33. The van der Waals surface area contributed by atoms with E-state index in [0.717, 1.165) is 12.0 Å².